The third-order valence-electron chi connectivity index (χ3n) is 4.22. The summed E-state index contributed by atoms with van der Waals surface area (Å²) in [6, 6.07) is 1.98. The number of rotatable bonds is 7. The zero-order chi connectivity index (χ0) is 16.9. The van der Waals surface area contributed by atoms with Gasteiger partial charge in [-0.1, -0.05) is 0 Å². The summed E-state index contributed by atoms with van der Waals surface area (Å²) in [4.78, 5) is 9.05. The smallest absolute Gasteiger partial charge is 0.224 e. The van der Waals surface area contributed by atoms with Gasteiger partial charge >= 0.3 is 0 Å². The third kappa shape index (κ3) is 3.82. The number of aliphatic hydroxyl groups is 1. The number of hydrogen-bond acceptors (Lipinski definition) is 7. The molecule has 8 nitrogen and oxygen atoms in total. The van der Waals surface area contributed by atoms with Crippen molar-refractivity contribution in [3.05, 3.63) is 28.7 Å². The molecule has 2 aromatic heterocycles. The van der Waals surface area contributed by atoms with E-state index in [0.29, 0.717) is 31.6 Å². The van der Waals surface area contributed by atoms with Gasteiger partial charge in [0.25, 0.3) is 0 Å². The Morgan fingerprint density at radius 1 is 1.33 bits per heavy atom. The molecule has 4 N–H and O–H groups in total. The second-order valence-electron chi connectivity index (χ2n) is 5.98. The van der Waals surface area contributed by atoms with Gasteiger partial charge in [0.15, 0.2) is 0 Å². The highest BCUT2D eigenvalue weighted by Crippen LogP contribution is 2.26. The molecule has 1 unspecified atom stereocenters. The Morgan fingerprint density at radius 3 is 2.88 bits per heavy atom. The summed E-state index contributed by atoms with van der Waals surface area (Å²) in [7, 11) is 0. The Bertz CT molecular complexity index is 662. The first-order valence-corrected chi connectivity index (χ1v) is 8.23. The first-order valence-electron chi connectivity index (χ1n) is 8.23. The molecular formula is C16H24N6O2. The van der Waals surface area contributed by atoms with E-state index in [0.717, 1.165) is 41.5 Å². The van der Waals surface area contributed by atoms with Gasteiger partial charge in [0.05, 0.1) is 24.6 Å². The normalized spacial score (nSPS) is 17.2. The third-order valence-corrected chi connectivity index (χ3v) is 4.22. The second kappa shape index (κ2) is 7.59. The molecule has 1 atom stereocenters. The number of aliphatic hydroxyl groups excluding tert-OH is 1. The predicted octanol–water partition coefficient (Wildman–Crippen LogP) is 1.34. The molecule has 0 spiro atoms. The number of aromatic amines is 1. The lowest BCUT2D eigenvalue weighted by Gasteiger charge is -2.13. The van der Waals surface area contributed by atoms with E-state index in [4.69, 9.17) is 9.84 Å². The number of ether oxygens (including phenoxy) is 1. The van der Waals surface area contributed by atoms with E-state index in [1.54, 1.807) is 0 Å². The molecule has 0 aliphatic carbocycles. The number of aryl methyl sites for hydroxylation is 2. The van der Waals surface area contributed by atoms with Gasteiger partial charge in [0.1, 0.15) is 5.82 Å². The van der Waals surface area contributed by atoms with Gasteiger partial charge in [-0.25, -0.2) is 4.98 Å². The van der Waals surface area contributed by atoms with Crippen LogP contribution in [0.3, 0.4) is 0 Å². The van der Waals surface area contributed by atoms with Gasteiger partial charge in [-0.15, -0.1) is 0 Å². The van der Waals surface area contributed by atoms with E-state index >= 15 is 0 Å². The molecule has 0 bridgehead atoms. The molecule has 3 heterocycles. The number of nitrogens with zero attached hydrogens (tertiary/aromatic N) is 3. The van der Waals surface area contributed by atoms with Crippen molar-refractivity contribution in [2.75, 3.05) is 37.0 Å². The van der Waals surface area contributed by atoms with E-state index in [2.05, 4.69) is 30.8 Å². The largest absolute Gasteiger partial charge is 0.395 e. The Hall–Kier alpha value is -2.19. The maximum Gasteiger partial charge on any atom is 0.224 e. The van der Waals surface area contributed by atoms with Crippen molar-refractivity contribution in [3.8, 4) is 0 Å². The molecule has 2 aromatic rings. The minimum Gasteiger partial charge on any atom is -0.395 e. The van der Waals surface area contributed by atoms with Gasteiger partial charge in [-0.05, 0) is 20.3 Å². The van der Waals surface area contributed by atoms with Gasteiger partial charge in [0.2, 0.25) is 5.95 Å². The number of H-pyrrole nitrogens is 1. The molecule has 0 saturated carbocycles. The van der Waals surface area contributed by atoms with Crippen LogP contribution in [0.4, 0.5) is 11.8 Å². The van der Waals surface area contributed by atoms with Gasteiger partial charge in [-0.3, -0.25) is 5.10 Å². The van der Waals surface area contributed by atoms with Crippen molar-refractivity contribution in [1.29, 1.82) is 0 Å². The number of nitrogens with one attached hydrogen (secondary N) is 3. The topological polar surface area (TPSA) is 108 Å². The fourth-order valence-corrected chi connectivity index (χ4v) is 2.79. The Labute approximate surface area is 141 Å². The molecule has 1 fully saturated rings. The fraction of sp³-hybridized carbons (Fsp3) is 0.562. The SMILES string of the molecule is Cc1n[nH]c(C)c1CNc1cc(C2CCOC2)nc(NCCO)n1. The summed E-state index contributed by atoms with van der Waals surface area (Å²) in [5.74, 6) is 1.57. The fourth-order valence-electron chi connectivity index (χ4n) is 2.79. The molecule has 130 valence electrons. The van der Waals surface area contributed by atoms with Crippen molar-refractivity contribution in [3.63, 3.8) is 0 Å². The highest BCUT2D eigenvalue weighted by Gasteiger charge is 2.21. The molecule has 1 aliphatic rings. The second-order valence-corrected chi connectivity index (χ2v) is 5.98. The maximum atomic E-state index is 9.00. The maximum absolute atomic E-state index is 9.00. The van der Waals surface area contributed by atoms with Crippen molar-refractivity contribution in [2.24, 2.45) is 0 Å². The highest BCUT2D eigenvalue weighted by atomic mass is 16.5. The number of anilines is 2. The van der Waals surface area contributed by atoms with Crippen LogP contribution in [0.5, 0.6) is 0 Å². The standard InChI is InChI=1S/C16H24N6O2/c1-10-13(11(2)22-21-10)8-18-15-7-14(12-3-6-24-9-12)19-16(20-15)17-4-5-23/h7,12,23H,3-6,8-9H2,1-2H3,(H,21,22)(H2,17,18,19,20). The first kappa shape index (κ1) is 16.7. The predicted molar refractivity (Wildman–Crippen MR) is 91.2 cm³/mol. The number of hydrogen-bond donors (Lipinski definition) is 4. The van der Waals surface area contributed by atoms with E-state index in [1.165, 1.54) is 0 Å². The summed E-state index contributed by atoms with van der Waals surface area (Å²) < 4.78 is 5.47. The van der Waals surface area contributed by atoms with Crippen LogP contribution in [0.2, 0.25) is 0 Å². The Kier molecular flexibility index (Phi) is 5.27. The minimum atomic E-state index is 0.0380. The molecule has 0 amide bonds. The van der Waals surface area contributed by atoms with E-state index < -0.39 is 0 Å². The monoisotopic (exact) mass is 332 g/mol. The van der Waals surface area contributed by atoms with Crippen LogP contribution < -0.4 is 10.6 Å². The van der Waals surface area contributed by atoms with Crippen molar-refractivity contribution < 1.29 is 9.84 Å². The van der Waals surface area contributed by atoms with Crippen LogP contribution in [0.1, 0.15) is 35.0 Å². The summed E-state index contributed by atoms with van der Waals surface area (Å²) in [5, 5.41) is 22.6. The summed E-state index contributed by atoms with van der Waals surface area (Å²) >= 11 is 0. The zero-order valence-corrected chi connectivity index (χ0v) is 14.1. The van der Waals surface area contributed by atoms with Gasteiger partial charge in [-0.2, -0.15) is 10.1 Å². The average Bonchev–Trinajstić information content (AvgIpc) is 3.22. The quantitative estimate of drug-likeness (QED) is 0.606. The van der Waals surface area contributed by atoms with Crippen molar-refractivity contribution in [2.45, 2.75) is 32.7 Å². The summed E-state index contributed by atoms with van der Waals surface area (Å²) in [5.41, 5.74) is 4.14. The zero-order valence-electron chi connectivity index (χ0n) is 14.1. The molecule has 1 saturated heterocycles. The van der Waals surface area contributed by atoms with Gasteiger partial charge < -0.3 is 20.5 Å². The lowest BCUT2D eigenvalue weighted by molar-refractivity contribution is 0.193. The van der Waals surface area contributed by atoms with Crippen LogP contribution in [0.15, 0.2) is 6.07 Å². The summed E-state index contributed by atoms with van der Waals surface area (Å²) in [6.07, 6.45) is 0.968. The molecular weight excluding hydrogens is 308 g/mol. The van der Waals surface area contributed by atoms with Crippen molar-refractivity contribution in [1.82, 2.24) is 20.2 Å². The lowest BCUT2D eigenvalue weighted by atomic mass is 10.0. The molecule has 24 heavy (non-hydrogen) atoms. The Balaban J connectivity index is 1.78. The summed E-state index contributed by atoms with van der Waals surface area (Å²) in [6.45, 7) is 6.55. The van der Waals surface area contributed by atoms with Gasteiger partial charge in [0, 0.05) is 42.9 Å². The molecule has 3 rings (SSSR count). The van der Waals surface area contributed by atoms with Crippen LogP contribution >= 0.6 is 0 Å². The van der Waals surface area contributed by atoms with Crippen LogP contribution in [-0.2, 0) is 11.3 Å². The number of aromatic nitrogens is 4. The van der Waals surface area contributed by atoms with Crippen LogP contribution in [0.25, 0.3) is 0 Å². The van der Waals surface area contributed by atoms with E-state index in [9.17, 15) is 0 Å². The first-order chi connectivity index (χ1) is 11.7. The van der Waals surface area contributed by atoms with Crippen LogP contribution in [0, 0.1) is 13.8 Å². The average molecular weight is 332 g/mol. The Morgan fingerprint density at radius 2 is 2.21 bits per heavy atom. The molecule has 8 heteroatoms. The van der Waals surface area contributed by atoms with E-state index in [-0.39, 0.29) is 6.61 Å². The molecule has 0 radical (unpaired) electrons. The highest BCUT2D eigenvalue weighted by molar-refractivity contribution is 5.44. The molecule has 0 aromatic carbocycles. The van der Waals surface area contributed by atoms with Crippen molar-refractivity contribution >= 4 is 11.8 Å². The van der Waals surface area contributed by atoms with Crippen LogP contribution in [-0.4, -0.2) is 51.6 Å². The minimum absolute atomic E-state index is 0.0380. The molecule has 1 aliphatic heterocycles. The lowest BCUT2D eigenvalue weighted by Crippen LogP contribution is -2.13. The van der Waals surface area contributed by atoms with E-state index in [1.807, 2.05) is 19.9 Å².